The molecular formula is C8H10O3. The van der Waals surface area contributed by atoms with Crippen LogP contribution in [0.1, 0.15) is 12.8 Å². The van der Waals surface area contributed by atoms with Crippen LogP contribution in [0.5, 0.6) is 0 Å². The maximum absolute atomic E-state index is 9.68. The SMILES string of the molecule is C#C[C@]1(O)CC[C@H]2CO[C@H]1O2. The van der Waals surface area contributed by atoms with Gasteiger partial charge in [-0.15, -0.1) is 6.42 Å². The lowest BCUT2D eigenvalue weighted by Crippen LogP contribution is -2.45. The van der Waals surface area contributed by atoms with Crippen molar-refractivity contribution in [3.63, 3.8) is 0 Å². The second kappa shape index (κ2) is 2.21. The molecule has 60 valence electrons. The largest absolute Gasteiger partial charge is 0.373 e. The molecule has 0 aliphatic carbocycles. The average Bonchev–Trinajstić information content (AvgIpc) is 2.44. The third-order valence-corrected chi connectivity index (χ3v) is 2.24. The second-order valence-corrected chi connectivity index (χ2v) is 3.03. The van der Waals surface area contributed by atoms with E-state index >= 15 is 0 Å². The van der Waals surface area contributed by atoms with E-state index in [1.165, 1.54) is 0 Å². The molecule has 11 heavy (non-hydrogen) atoms. The monoisotopic (exact) mass is 154 g/mol. The Morgan fingerprint density at radius 1 is 1.64 bits per heavy atom. The van der Waals surface area contributed by atoms with Crippen LogP contribution in [0.4, 0.5) is 0 Å². The number of hydrogen-bond acceptors (Lipinski definition) is 3. The zero-order chi connectivity index (χ0) is 7.90. The molecule has 3 atom stereocenters. The highest BCUT2D eigenvalue weighted by molar-refractivity contribution is 5.12. The smallest absolute Gasteiger partial charge is 0.198 e. The Kier molecular flexibility index (Phi) is 1.43. The quantitative estimate of drug-likeness (QED) is 0.495. The van der Waals surface area contributed by atoms with E-state index in [2.05, 4.69) is 5.92 Å². The predicted octanol–water partition coefficient (Wildman–Crippen LogP) is -0.114. The first kappa shape index (κ1) is 7.11. The van der Waals surface area contributed by atoms with Gasteiger partial charge in [0.05, 0.1) is 12.7 Å². The molecule has 3 heteroatoms. The van der Waals surface area contributed by atoms with Crippen molar-refractivity contribution >= 4 is 0 Å². The molecule has 0 aromatic carbocycles. The Balaban J connectivity index is 2.20. The molecule has 0 aromatic rings. The number of rotatable bonds is 0. The van der Waals surface area contributed by atoms with Gasteiger partial charge in [0.25, 0.3) is 0 Å². The average molecular weight is 154 g/mol. The molecule has 2 bridgehead atoms. The lowest BCUT2D eigenvalue weighted by atomic mass is 9.94. The Morgan fingerprint density at radius 2 is 2.45 bits per heavy atom. The van der Waals surface area contributed by atoms with Crippen molar-refractivity contribution in [2.75, 3.05) is 6.61 Å². The minimum absolute atomic E-state index is 0.147. The zero-order valence-corrected chi connectivity index (χ0v) is 6.12. The lowest BCUT2D eigenvalue weighted by molar-refractivity contribution is -0.184. The standard InChI is InChI=1S/C8H10O3/c1-2-8(9)4-3-6-5-10-7(8)11-6/h1,6-7,9H,3-5H2/t6-,7-,8-/m0/s1. The van der Waals surface area contributed by atoms with E-state index in [0.717, 1.165) is 6.42 Å². The number of aliphatic hydroxyl groups is 1. The van der Waals surface area contributed by atoms with E-state index < -0.39 is 11.9 Å². The van der Waals surface area contributed by atoms with Crippen LogP contribution >= 0.6 is 0 Å². The molecule has 0 spiro atoms. The van der Waals surface area contributed by atoms with Gasteiger partial charge in [-0.2, -0.15) is 0 Å². The van der Waals surface area contributed by atoms with Crippen molar-refractivity contribution in [3.05, 3.63) is 0 Å². The number of fused-ring (bicyclic) bond motifs is 2. The highest BCUT2D eigenvalue weighted by Crippen LogP contribution is 2.34. The molecule has 2 aliphatic rings. The highest BCUT2D eigenvalue weighted by atomic mass is 16.7. The van der Waals surface area contributed by atoms with Crippen LogP contribution in [0.2, 0.25) is 0 Å². The molecular weight excluding hydrogens is 144 g/mol. The van der Waals surface area contributed by atoms with Crippen molar-refractivity contribution in [3.8, 4) is 12.3 Å². The molecule has 3 nitrogen and oxygen atoms in total. The summed E-state index contributed by atoms with van der Waals surface area (Å²) in [6, 6.07) is 0. The lowest BCUT2D eigenvalue weighted by Gasteiger charge is -2.31. The summed E-state index contributed by atoms with van der Waals surface area (Å²) in [5, 5.41) is 9.68. The molecule has 0 aromatic heterocycles. The molecule has 0 unspecified atom stereocenters. The topological polar surface area (TPSA) is 38.7 Å². The number of hydrogen-bond donors (Lipinski definition) is 1. The molecule has 0 amide bonds. The van der Waals surface area contributed by atoms with Gasteiger partial charge in [0.15, 0.2) is 11.9 Å². The molecule has 2 rings (SSSR count). The van der Waals surface area contributed by atoms with Gasteiger partial charge in [-0.05, 0) is 12.8 Å². The van der Waals surface area contributed by atoms with Crippen molar-refractivity contribution in [1.29, 1.82) is 0 Å². The zero-order valence-electron chi connectivity index (χ0n) is 6.12. The van der Waals surface area contributed by atoms with Crippen molar-refractivity contribution in [2.45, 2.75) is 30.8 Å². The Labute approximate surface area is 65.3 Å². The van der Waals surface area contributed by atoms with Gasteiger partial charge in [-0.25, -0.2) is 0 Å². The third kappa shape index (κ3) is 0.951. The van der Waals surface area contributed by atoms with E-state index in [4.69, 9.17) is 15.9 Å². The van der Waals surface area contributed by atoms with Gasteiger partial charge in [0.1, 0.15) is 0 Å². The third-order valence-electron chi connectivity index (χ3n) is 2.24. The van der Waals surface area contributed by atoms with Crippen LogP contribution in [-0.2, 0) is 9.47 Å². The molecule has 0 saturated carbocycles. The summed E-state index contributed by atoms with van der Waals surface area (Å²) in [5.74, 6) is 2.31. The molecule has 2 aliphatic heterocycles. The summed E-state index contributed by atoms with van der Waals surface area (Å²) < 4.78 is 10.5. The number of ether oxygens (including phenoxy) is 2. The van der Waals surface area contributed by atoms with Crippen LogP contribution < -0.4 is 0 Å². The maximum Gasteiger partial charge on any atom is 0.198 e. The summed E-state index contributed by atoms with van der Waals surface area (Å²) in [5.41, 5.74) is -1.19. The van der Waals surface area contributed by atoms with Crippen LogP contribution in [0.3, 0.4) is 0 Å². The normalized spacial score (nSPS) is 48.7. The van der Waals surface area contributed by atoms with E-state index in [9.17, 15) is 5.11 Å². The van der Waals surface area contributed by atoms with E-state index in [0.29, 0.717) is 13.0 Å². The second-order valence-electron chi connectivity index (χ2n) is 3.03. The fourth-order valence-electron chi connectivity index (χ4n) is 1.49. The summed E-state index contributed by atoms with van der Waals surface area (Å²) >= 11 is 0. The minimum atomic E-state index is -1.19. The first-order valence-electron chi connectivity index (χ1n) is 3.72. The van der Waals surface area contributed by atoms with E-state index in [1.54, 1.807) is 0 Å². The Morgan fingerprint density at radius 3 is 3.18 bits per heavy atom. The van der Waals surface area contributed by atoms with Crippen molar-refractivity contribution < 1.29 is 14.6 Å². The molecule has 0 radical (unpaired) electrons. The van der Waals surface area contributed by atoms with Gasteiger partial charge < -0.3 is 14.6 Å². The van der Waals surface area contributed by atoms with E-state index in [-0.39, 0.29) is 6.10 Å². The van der Waals surface area contributed by atoms with Crippen LogP contribution in [0, 0.1) is 12.3 Å². The Bertz CT molecular complexity index is 208. The summed E-state index contributed by atoms with van der Waals surface area (Å²) in [7, 11) is 0. The summed E-state index contributed by atoms with van der Waals surface area (Å²) in [6.45, 7) is 0.564. The first-order valence-corrected chi connectivity index (χ1v) is 3.72. The molecule has 2 fully saturated rings. The van der Waals surface area contributed by atoms with E-state index in [1.807, 2.05) is 0 Å². The number of terminal acetylenes is 1. The maximum atomic E-state index is 9.68. The van der Waals surface area contributed by atoms with Crippen molar-refractivity contribution in [1.82, 2.24) is 0 Å². The van der Waals surface area contributed by atoms with Crippen LogP contribution in [-0.4, -0.2) is 29.7 Å². The van der Waals surface area contributed by atoms with Gasteiger partial charge >= 0.3 is 0 Å². The van der Waals surface area contributed by atoms with Crippen LogP contribution in [0.25, 0.3) is 0 Å². The van der Waals surface area contributed by atoms with Gasteiger partial charge in [-0.3, -0.25) is 0 Å². The van der Waals surface area contributed by atoms with Gasteiger partial charge in [0.2, 0.25) is 0 Å². The van der Waals surface area contributed by atoms with Gasteiger partial charge in [-0.1, -0.05) is 5.92 Å². The fraction of sp³-hybridized carbons (Fsp3) is 0.750. The Hall–Kier alpha value is -0.560. The fourth-order valence-corrected chi connectivity index (χ4v) is 1.49. The molecule has 2 saturated heterocycles. The molecule has 1 N–H and O–H groups in total. The molecule has 2 heterocycles. The predicted molar refractivity (Wildman–Crippen MR) is 37.6 cm³/mol. The highest BCUT2D eigenvalue weighted by Gasteiger charge is 2.47. The first-order chi connectivity index (χ1) is 5.24. The van der Waals surface area contributed by atoms with Crippen molar-refractivity contribution in [2.24, 2.45) is 0 Å². The summed E-state index contributed by atoms with van der Waals surface area (Å²) in [6.07, 6.45) is 6.09. The minimum Gasteiger partial charge on any atom is -0.373 e. The van der Waals surface area contributed by atoms with Crippen LogP contribution in [0.15, 0.2) is 0 Å². The van der Waals surface area contributed by atoms with Gasteiger partial charge in [0, 0.05) is 0 Å². The summed E-state index contributed by atoms with van der Waals surface area (Å²) in [4.78, 5) is 0.